The molecule has 1 aromatic heterocycles. The van der Waals surface area contributed by atoms with Crippen LogP contribution in [0.1, 0.15) is 49.0 Å². The Balaban J connectivity index is 1.33. The SMILES string of the molecule is CC(C)c1nnc2n1CC(CNCc1ccc3c(c1)CCO3)CC2. The average Bonchev–Trinajstić information content (AvgIpc) is 3.20. The number of ether oxygens (including phenoxy) is 1. The third-order valence-corrected chi connectivity index (χ3v) is 5.11. The van der Waals surface area contributed by atoms with Crippen LogP contribution >= 0.6 is 0 Å². The summed E-state index contributed by atoms with van der Waals surface area (Å²) in [5.41, 5.74) is 2.70. The van der Waals surface area contributed by atoms with Gasteiger partial charge in [-0.1, -0.05) is 26.0 Å². The van der Waals surface area contributed by atoms with Crippen molar-refractivity contribution >= 4 is 0 Å². The summed E-state index contributed by atoms with van der Waals surface area (Å²) < 4.78 is 7.91. The number of fused-ring (bicyclic) bond motifs is 2. The highest BCUT2D eigenvalue weighted by Gasteiger charge is 2.23. The molecule has 2 aromatic rings. The Morgan fingerprint density at radius 2 is 2.21 bits per heavy atom. The molecule has 5 heteroatoms. The second-order valence-corrected chi connectivity index (χ2v) is 7.32. The van der Waals surface area contributed by atoms with Gasteiger partial charge < -0.3 is 14.6 Å². The molecule has 0 spiro atoms. The van der Waals surface area contributed by atoms with Crippen LogP contribution in [0.25, 0.3) is 0 Å². The van der Waals surface area contributed by atoms with Crippen molar-refractivity contribution in [2.45, 2.75) is 52.1 Å². The molecule has 2 aliphatic heterocycles. The Morgan fingerprint density at radius 1 is 1.29 bits per heavy atom. The maximum Gasteiger partial charge on any atom is 0.135 e. The van der Waals surface area contributed by atoms with Crippen LogP contribution in [0.4, 0.5) is 0 Å². The minimum atomic E-state index is 0.437. The molecule has 3 heterocycles. The van der Waals surface area contributed by atoms with Crippen LogP contribution in [0.5, 0.6) is 5.75 Å². The quantitative estimate of drug-likeness (QED) is 0.918. The second kappa shape index (κ2) is 6.55. The Kier molecular flexibility index (Phi) is 4.27. The molecule has 0 aliphatic carbocycles. The van der Waals surface area contributed by atoms with Crippen LogP contribution in [-0.4, -0.2) is 27.9 Å². The Hall–Kier alpha value is -1.88. The van der Waals surface area contributed by atoms with Crippen molar-refractivity contribution in [1.82, 2.24) is 20.1 Å². The van der Waals surface area contributed by atoms with Gasteiger partial charge in [0, 0.05) is 31.8 Å². The monoisotopic (exact) mass is 326 g/mol. The summed E-state index contributed by atoms with van der Waals surface area (Å²) in [5, 5.41) is 12.4. The topological polar surface area (TPSA) is 52.0 Å². The minimum absolute atomic E-state index is 0.437. The van der Waals surface area contributed by atoms with E-state index in [1.165, 1.54) is 17.5 Å². The van der Waals surface area contributed by atoms with E-state index in [0.717, 1.165) is 56.5 Å². The smallest absolute Gasteiger partial charge is 0.135 e. The van der Waals surface area contributed by atoms with Crippen LogP contribution in [0.15, 0.2) is 18.2 Å². The van der Waals surface area contributed by atoms with E-state index in [9.17, 15) is 0 Å². The van der Waals surface area contributed by atoms with Crippen LogP contribution in [0.3, 0.4) is 0 Å². The molecule has 1 N–H and O–H groups in total. The van der Waals surface area contributed by atoms with E-state index in [2.05, 4.69) is 52.1 Å². The van der Waals surface area contributed by atoms with Gasteiger partial charge >= 0.3 is 0 Å². The first kappa shape index (κ1) is 15.6. The molecule has 1 aromatic carbocycles. The largest absolute Gasteiger partial charge is 0.493 e. The molecule has 1 atom stereocenters. The summed E-state index contributed by atoms with van der Waals surface area (Å²) in [6.45, 7) is 8.22. The lowest BCUT2D eigenvalue weighted by atomic mass is 9.98. The van der Waals surface area contributed by atoms with Gasteiger partial charge in [0.1, 0.15) is 17.4 Å². The summed E-state index contributed by atoms with van der Waals surface area (Å²) in [6.07, 6.45) is 3.28. The van der Waals surface area contributed by atoms with Crippen molar-refractivity contribution in [2.75, 3.05) is 13.2 Å². The normalized spacial score (nSPS) is 19.2. The Bertz CT molecular complexity index is 722. The first-order valence-corrected chi connectivity index (χ1v) is 9.08. The van der Waals surface area contributed by atoms with E-state index in [-0.39, 0.29) is 0 Å². The standard InChI is InChI=1S/C19H26N4O/c1-13(2)19-22-21-18-6-4-15(12-23(18)19)11-20-10-14-3-5-17-16(9-14)7-8-24-17/h3,5,9,13,15,20H,4,6-8,10-12H2,1-2H3. The van der Waals surface area contributed by atoms with Gasteiger partial charge in [0.05, 0.1) is 6.61 Å². The lowest BCUT2D eigenvalue weighted by Gasteiger charge is -2.25. The van der Waals surface area contributed by atoms with Crippen LogP contribution < -0.4 is 10.1 Å². The number of aromatic nitrogens is 3. The highest BCUT2D eigenvalue weighted by molar-refractivity contribution is 5.39. The highest BCUT2D eigenvalue weighted by atomic mass is 16.5. The van der Waals surface area contributed by atoms with Crippen molar-refractivity contribution in [3.8, 4) is 5.75 Å². The summed E-state index contributed by atoms with van der Waals surface area (Å²) in [6, 6.07) is 6.57. The first-order chi connectivity index (χ1) is 11.7. The number of nitrogens with one attached hydrogen (secondary N) is 1. The van der Waals surface area contributed by atoms with Crippen molar-refractivity contribution in [3.63, 3.8) is 0 Å². The third kappa shape index (κ3) is 3.05. The molecule has 0 saturated carbocycles. The summed E-state index contributed by atoms with van der Waals surface area (Å²) >= 11 is 0. The molecule has 5 nitrogen and oxygen atoms in total. The van der Waals surface area contributed by atoms with Gasteiger partial charge in [0.15, 0.2) is 0 Å². The molecule has 4 rings (SSSR count). The molecule has 2 aliphatic rings. The van der Waals surface area contributed by atoms with Crippen LogP contribution in [0, 0.1) is 5.92 Å². The number of aryl methyl sites for hydroxylation is 1. The van der Waals surface area contributed by atoms with E-state index in [4.69, 9.17) is 4.74 Å². The van der Waals surface area contributed by atoms with Gasteiger partial charge in [0.25, 0.3) is 0 Å². The average molecular weight is 326 g/mol. The van der Waals surface area contributed by atoms with Crippen molar-refractivity contribution < 1.29 is 4.74 Å². The highest BCUT2D eigenvalue weighted by Crippen LogP contribution is 2.26. The number of hydrogen-bond donors (Lipinski definition) is 1. The van der Waals surface area contributed by atoms with Gasteiger partial charge in [-0.15, -0.1) is 10.2 Å². The summed E-state index contributed by atoms with van der Waals surface area (Å²) in [4.78, 5) is 0. The molecule has 0 fully saturated rings. The second-order valence-electron chi connectivity index (χ2n) is 7.32. The van der Waals surface area contributed by atoms with E-state index >= 15 is 0 Å². The molecule has 0 radical (unpaired) electrons. The van der Waals surface area contributed by atoms with E-state index < -0.39 is 0 Å². The molecule has 1 unspecified atom stereocenters. The van der Waals surface area contributed by atoms with Gasteiger partial charge in [0.2, 0.25) is 0 Å². The molecule has 128 valence electrons. The van der Waals surface area contributed by atoms with Crippen molar-refractivity contribution in [1.29, 1.82) is 0 Å². The fourth-order valence-corrected chi connectivity index (χ4v) is 3.78. The lowest BCUT2D eigenvalue weighted by Crippen LogP contribution is -2.30. The molecular formula is C19H26N4O. The van der Waals surface area contributed by atoms with Gasteiger partial charge in [-0.05, 0) is 36.1 Å². The minimum Gasteiger partial charge on any atom is -0.493 e. The van der Waals surface area contributed by atoms with Gasteiger partial charge in [-0.3, -0.25) is 0 Å². The van der Waals surface area contributed by atoms with Gasteiger partial charge in [-0.2, -0.15) is 0 Å². The maximum atomic E-state index is 5.57. The molecule has 0 amide bonds. The zero-order valence-electron chi connectivity index (χ0n) is 14.6. The lowest BCUT2D eigenvalue weighted by molar-refractivity contribution is 0.340. The first-order valence-electron chi connectivity index (χ1n) is 9.08. The number of rotatable bonds is 5. The summed E-state index contributed by atoms with van der Waals surface area (Å²) in [5.74, 6) is 4.45. The third-order valence-electron chi connectivity index (χ3n) is 5.11. The Labute approximate surface area is 143 Å². The van der Waals surface area contributed by atoms with Crippen molar-refractivity contribution in [3.05, 3.63) is 41.0 Å². The van der Waals surface area contributed by atoms with Crippen LogP contribution in [0.2, 0.25) is 0 Å². The fourth-order valence-electron chi connectivity index (χ4n) is 3.78. The number of benzene rings is 1. The van der Waals surface area contributed by atoms with Crippen molar-refractivity contribution in [2.24, 2.45) is 5.92 Å². The van der Waals surface area contributed by atoms with Gasteiger partial charge in [-0.25, -0.2) is 0 Å². The predicted octanol–water partition coefficient (Wildman–Crippen LogP) is 2.69. The molecular weight excluding hydrogens is 300 g/mol. The Morgan fingerprint density at radius 3 is 3.08 bits per heavy atom. The molecule has 0 saturated heterocycles. The molecule has 0 bridgehead atoms. The fraction of sp³-hybridized carbons (Fsp3) is 0.579. The van der Waals surface area contributed by atoms with E-state index in [0.29, 0.717) is 11.8 Å². The maximum absolute atomic E-state index is 5.57. The predicted molar refractivity (Wildman–Crippen MR) is 93.3 cm³/mol. The van der Waals surface area contributed by atoms with E-state index in [1.807, 2.05) is 0 Å². The number of hydrogen-bond acceptors (Lipinski definition) is 4. The number of nitrogens with zero attached hydrogens (tertiary/aromatic N) is 3. The van der Waals surface area contributed by atoms with E-state index in [1.54, 1.807) is 0 Å². The zero-order chi connectivity index (χ0) is 16.5. The van der Waals surface area contributed by atoms with Crippen LogP contribution in [-0.2, 0) is 25.9 Å². The molecule has 24 heavy (non-hydrogen) atoms. The summed E-state index contributed by atoms with van der Waals surface area (Å²) in [7, 11) is 0. The zero-order valence-corrected chi connectivity index (χ0v) is 14.6.